The van der Waals surface area contributed by atoms with Gasteiger partial charge in [0.2, 0.25) is 0 Å². The van der Waals surface area contributed by atoms with Crippen LogP contribution in [0.4, 0.5) is 19.0 Å². The summed E-state index contributed by atoms with van der Waals surface area (Å²) in [5.41, 5.74) is 1.87. The predicted octanol–water partition coefficient (Wildman–Crippen LogP) is 4.27. The second kappa shape index (κ2) is 15.4. The van der Waals surface area contributed by atoms with Gasteiger partial charge in [-0.15, -0.1) is 13.2 Å². The quantitative estimate of drug-likeness (QED) is 0.258. The number of hydrogen-bond donors (Lipinski definition) is 3. The van der Waals surface area contributed by atoms with Gasteiger partial charge in [0.05, 0.1) is 12.2 Å². The number of para-hydroxylation sites is 1. The topological polar surface area (TPSA) is 113 Å². The summed E-state index contributed by atoms with van der Waals surface area (Å²) >= 11 is 0. The molecular weight excluding hydrogens is 529 g/mol. The number of carboxylic acids is 1. The Hall–Kier alpha value is -3.38. The van der Waals surface area contributed by atoms with Crippen molar-refractivity contribution in [1.82, 2.24) is 15.2 Å². The van der Waals surface area contributed by atoms with Crippen LogP contribution in [-0.4, -0.2) is 78.7 Å². The number of rotatable bonds is 16. The highest BCUT2D eigenvalue weighted by Crippen LogP contribution is 2.26. The van der Waals surface area contributed by atoms with E-state index >= 15 is 0 Å². The van der Waals surface area contributed by atoms with Crippen molar-refractivity contribution in [1.29, 1.82) is 0 Å². The summed E-state index contributed by atoms with van der Waals surface area (Å²) in [6.07, 6.45) is -0.212. The van der Waals surface area contributed by atoms with Gasteiger partial charge in [-0.1, -0.05) is 18.2 Å². The molecule has 3 rings (SSSR count). The molecule has 0 bridgehead atoms. The zero-order valence-corrected chi connectivity index (χ0v) is 22.6. The molecule has 1 unspecified atom stereocenters. The van der Waals surface area contributed by atoms with Crippen molar-refractivity contribution in [2.24, 2.45) is 0 Å². The van der Waals surface area contributed by atoms with Crippen LogP contribution >= 0.6 is 0 Å². The molecule has 1 aromatic heterocycles. The molecule has 0 saturated carbocycles. The Morgan fingerprint density at radius 1 is 1.15 bits per heavy atom. The van der Waals surface area contributed by atoms with Crippen LogP contribution in [0.25, 0.3) is 0 Å². The molecule has 1 amide bonds. The molecular formula is C28H37F3N4O5. The van der Waals surface area contributed by atoms with Crippen LogP contribution in [0, 0.1) is 0 Å². The minimum Gasteiger partial charge on any atom is -0.480 e. The summed E-state index contributed by atoms with van der Waals surface area (Å²) < 4.78 is 47.6. The molecule has 0 spiro atoms. The molecule has 40 heavy (non-hydrogen) atoms. The van der Waals surface area contributed by atoms with Gasteiger partial charge in [0.15, 0.2) is 0 Å². The van der Waals surface area contributed by atoms with E-state index in [1.165, 1.54) is 17.7 Å². The highest BCUT2D eigenvalue weighted by molar-refractivity contribution is 5.98. The number of aromatic nitrogens is 1. The van der Waals surface area contributed by atoms with E-state index < -0.39 is 35.6 Å². The fourth-order valence-electron chi connectivity index (χ4n) is 4.50. The van der Waals surface area contributed by atoms with E-state index in [2.05, 4.69) is 32.4 Å². The number of anilines is 1. The summed E-state index contributed by atoms with van der Waals surface area (Å²) in [4.78, 5) is 31.4. The first-order valence-electron chi connectivity index (χ1n) is 13.6. The van der Waals surface area contributed by atoms with Crippen LogP contribution in [-0.2, 0) is 22.4 Å². The number of hydrogen-bond acceptors (Lipinski definition) is 7. The minimum absolute atomic E-state index is 0.0630. The minimum atomic E-state index is -4.99. The summed E-state index contributed by atoms with van der Waals surface area (Å²) in [6, 6.07) is 7.72. The Morgan fingerprint density at radius 3 is 2.70 bits per heavy atom. The number of carboxylic acid groups (broad SMARTS) is 1. The number of nitrogens with zero attached hydrogens (tertiary/aromatic N) is 2. The Bertz CT molecular complexity index is 1120. The molecule has 1 aromatic carbocycles. The molecule has 1 aliphatic heterocycles. The lowest BCUT2D eigenvalue weighted by Gasteiger charge is -2.24. The van der Waals surface area contributed by atoms with Gasteiger partial charge >= 0.3 is 12.3 Å². The second-order valence-corrected chi connectivity index (χ2v) is 9.53. The van der Waals surface area contributed by atoms with E-state index in [4.69, 9.17) is 9.72 Å². The zero-order valence-electron chi connectivity index (χ0n) is 22.6. The van der Waals surface area contributed by atoms with Crippen molar-refractivity contribution >= 4 is 17.7 Å². The zero-order chi connectivity index (χ0) is 29.0. The van der Waals surface area contributed by atoms with Gasteiger partial charge in [0, 0.05) is 31.9 Å². The van der Waals surface area contributed by atoms with E-state index in [0.717, 1.165) is 62.3 Å². The number of alkyl halides is 3. The monoisotopic (exact) mass is 566 g/mol. The average molecular weight is 567 g/mol. The summed E-state index contributed by atoms with van der Waals surface area (Å²) in [6.45, 7) is 5.48. The maximum Gasteiger partial charge on any atom is 0.573 e. The van der Waals surface area contributed by atoms with Crippen LogP contribution in [0.3, 0.4) is 0 Å². The van der Waals surface area contributed by atoms with Crippen LogP contribution in [0.1, 0.15) is 54.2 Å². The largest absolute Gasteiger partial charge is 0.573 e. The summed E-state index contributed by atoms with van der Waals surface area (Å²) in [5, 5.41) is 15.4. The second-order valence-electron chi connectivity index (χ2n) is 9.53. The van der Waals surface area contributed by atoms with Gasteiger partial charge in [-0.2, -0.15) is 0 Å². The van der Waals surface area contributed by atoms with Crippen LogP contribution in [0.2, 0.25) is 0 Å². The first kappa shape index (κ1) is 31.2. The third kappa shape index (κ3) is 10.3. The van der Waals surface area contributed by atoms with Gasteiger partial charge in [-0.05, 0) is 75.8 Å². The molecule has 220 valence electrons. The number of halogens is 3. The van der Waals surface area contributed by atoms with Crippen molar-refractivity contribution in [2.45, 2.75) is 57.9 Å². The standard InChI is InChI=1S/C28H37F3N4O5/c1-2-39-19-18-35(16-6-5-9-21-13-12-20-8-7-15-32-25(20)33-21)17-14-23(27(37)38)34-26(36)22-10-3-4-11-24(22)40-28(29,30)31/h3-4,10-13,23H,2,5-9,14-19H2,1H3,(H,32,33)(H,34,36)(H,37,38). The van der Waals surface area contributed by atoms with Crippen molar-refractivity contribution in [3.63, 3.8) is 0 Å². The molecule has 0 saturated heterocycles. The third-order valence-corrected chi connectivity index (χ3v) is 6.56. The van der Waals surface area contributed by atoms with E-state index in [1.807, 2.05) is 6.92 Å². The van der Waals surface area contributed by atoms with Crippen molar-refractivity contribution in [2.75, 3.05) is 44.7 Å². The van der Waals surface area contributed by atoms with Crippen molar-refractivity contribution in [3.05, 3.63) is 53.2 Å². The van der Waals surface area contributed by atoms with Gasteiger partial charge in [-0.3, -0.25) is 4.79 Å². The Morgan fingerprint density at radius 2 is 1.95 bits per heavy atom. The number of amides is 1. The average Bonchev–Trinajstić information content (AvgIpc) is 2.92. The van der Waals surface area contributed by atoms with Gasteiger partial charge < -0.3 is 30.1 Å². The lowest BCUT2D eigenvalue weighted by atomic mass is 10.1. The first-order valence-corrected chi connectivity index (χ1v) is 13.6. The normalized spacial score (nSPS) is 13.8. The molecule has 0 aliphatic carbocycles. The van der Waals surface area contributed by atoms with Crippen molar-refractivity contribution in [3.8, 4) is 5.75 Å². The smallest absolute Gasteiger partial charge is 0.480 e. The van der Waals surface area contributed by atoms with Crippen molar-refractivity contribution < 1.29 is 37.3 Å². The first-order chi connectivity index (χ1) is 19.2. The molecule has 12 heteroatoms. The predicted molar refractivity (Wildman–Crippen MR) is 144 cm³/mol. The fraction of sp³-hybridized carbons (Fsp3) is 0.536. The molecule has 2 aromatic rings. The van der Waals surface area contributed by atoms with E-state index in [1.54, 1.807) is 0 Å². The number of nitrogens with one attached hydrogen (secondary N) is 2. The summed E-state index contributed by atoms with van der Waals surface area (Å²) in [5.74, 6) is -1.96. The molecule has 0 radical (unpaired) electrons. The third-order valence-electron chi connectivity index (χ3n) is 6.56. The van der Waals surface area contributed by atoms with Crippen LogP contribution in [0.15, 0.2) is 36.4 Å². The number of pyridine rings is 1. The molecule has 9 nitrogen and oxygen atoms in total. The molecule has 1 atom stereocenters. The van der Waals surface area contributed by atoms with Crippen LogP contribution in [0.5, 0.6) is 5.75 Å². The molecule has 1 aliphatic rings. The lowest BCUT2D eigenvalue weighted by Crippen LogP contribution is -2.43. The van der Waals surface area contributed by atoms with E-state index in [0.29, 0.717) is 32.8 Å². The number of carbonyl (C=O) groups excluding carboxylic acids is 1. The van der Waals surface area contributed by atoms with E-state index in [-0.39, 0.29) is 6.42 Å². The number of aliphatic carboxylic acids is 1. The Kier molecular flexibility index (Phi) is 12.0. The lowest BCUT2D eigenvalue weighted by molar-refractivity contribution is -0.274. The maximum atomic E-state index is 12.7. The number of carbonyl (C=O) groups is 2. The van der Waals surface area contributed by atoms with Crippen LogP contribution < -0.4 is 15.4 Å². The highest BCUT2D eigenvalue weighted by atomic mass is 19.4. The maximum absolute atomic E-state index is 12.7. The molecule has 3 N–H and O–H groups in total. The SMILES string of the molecule is CCOCCN(CCCCc1ccc2c(n1)NCCC2)CCC(NC(=O)c1ccccc1OC(F)(F)F)C(=O)O. The van der Waals surface area contributed by atoms with E-state index in [9.17, 15) is 27.9 Å². The molecule has 2 heterocycles. The number of ether oxygens (including phenoxy) is 2. The number of unbranched alkanes of at least 4 members (excludes halogenated alkanes) is 1. The van der Waals surface area contributed by atoms with Gasteiger partial charge in [0.25, 0.3) is 5.91 Å². The summed E-state index contributed by atoms with van der Waals surface area (Å²) in [7, 11) is 0. The number of aryl methyl sites for hydroxylation is 2. The Balaban J connectivity index is 1.54. The highest BCUT2D eigenvalue weighted by Gasteiger charge is 2.33. The van der Waals surface area contributed by atoms with Gasteiger partial charge in [0.1, 0.15) is 17.6 Å². The number of fused-ring (bicyclic) bond motifs is 1. The molecule has 0 fully saturated rings. The van der Waals surface area contributed by atoms with Gasteiger partial charge in [-0.25, -0.2) is 9.78 Å². The Labute approximate surface area is 232 Å². The number of benzene rings is 1. The fourth-order valence-corrected chi connectivity index (χ4v) is 4.50.